The largest absolute Gasteiger partial charge is 0.489 e. The normalized spacial score (nSPS) is 13.3. The third-order valence-corrected chi connectivity index (χ3v) is 7.82. The number of halogens is 4. The summed E-state index contributed by atoms with van der Waals surface area (Å²) in [5, 5.41) is 31.7. The predicted octanol–water partition coefficient (Wildman–Crippen LogP) is 6.14. The van der Waals surface area contributed by atoms with Crippen LogP contribution in [0.3, 0.4) is 0 Å². The highest BCUT2D eigenvalue weighted by Crippen LogP contribution is 2.46. The van der Waals surface area contributed by atoms with Gasteiger partial charge in [0.2, 0.25) is 0 Å². The zero-order valence-corrected chi connectivity index (χ0v) is 27.5. The molecule has 0 amide bonds. The molecule has 0 aliphatic heterocycles. The van der Waals surface area contributed by atoms with Crippen LogP contribution >= 0.6 is 0 Å². The second-order valence-electron chi connectivity index (χ2n) is 12.0. The first-order valence-electron chi connectivity index (χ1n) is 15.5. The standard InChI is InChI=1S/C37H33F4N7O3/c1-35(2,49)29-19-46-48(21-29)20-27-5-7-28(8-6-27)22-51-31-13-9-25(10-14-31)3-4-26-11-16-34(44-18-26)37(40,41)36(50,23-43-24-45-47-42)32-15-12-30(38)17-33(32)39/h5-19,21,24,49-50H,20,22-23H2,1-2H3,(H2,42,43,45). The van der Waals surface area contributed by atoms with Crippen LogP contribution in [0.4, 0.5) is 17.6 Å². The molecule has 0 radical (unpaired) electrons. The molecule has 5 aromatic rings. The van der Waals surface area contributed by atoms with Crippen molar-refractivity contribution in [3.63, 3.8) is 0 Å². The smallest absolute Gasteiger partial charge is 0.323 e. The van der Waals surface area contributed by atoms with E-state index in [-0.39, 0.29) is 0 Å². The molecule has 0 saturated heterocycles. The van der Waals surface area contributed by atoms with Crippen molar-refractivity contribution in [2.24, 2.45) is 21.2 Å². The van der Waals surface area contributed by atoms with Crippen LogP contribution in [0, 0.1) is 23.5 Å². The van der Waals surface area contributed by atoms with Crippen molar-refractivity contribution in [1.82, 2.24) is 14.8 Å². The Labute approximate surface area is 291 Å². The highest BCUT2D eigenvalue weighted by atomic mass is 19.3. The van der Waals surface area contributed by atoms with Crippen LogP contribution in [0.5, 0.6) is 5.75 Å². The summed E-state index contributed by atoms with van der Waals surface area (Å²) in [7, 11) is 0. The number of aliphatic hydroxyl groups is 2. The maximum atomic E-state index is 15.8. The van der Waals surface area contributed by atoms with Crippen LogP contribution < -0.4 is 10.6 Å². The van der Waals surface area contributed by atoms with Crippen LogP contribution in [0.25, 0.3) is 0 Å². The Balaban J connectivity index is 1.21. The molecule has 14 heteroatoms. The number of aromatic nitrogens is 3. The molecule has 0 saturated carbocycles. The highest BCUT2D eigenvalue weighted by molar-refractivity contribution is 5.54. The average molecular weight is 700 g/mol. The Morgan fingerprint density at radius 2 is 1.59 bits per heavy atom. The van der Waals surface area contributed by atoms with Crippen LogP contribution in [-0.2, 0) is 30.3 Å². The van der Waals surface area contributed by atoms with E-state index < -0.39 is 46.6 Å². The Morgan fingerprint density at radius 1 is 0.902 bits per heavy atom. The maximum Gasteiger partial charge on any atom is 0.323 e. The molecule has 0 spiro atoms. The number of alkyl halides is 2. The number of pyridine rings is 1. The fraction of sp³-hybridized carbons (Fsp3) is 0.216. The van der Waals surface area contributed by atoms with E-state index in [0.29, 0.717) is 48.5 Å². The molecule has 0 aliphatic rings. The second kappa shape index (κ2) is 15.3. The molecule has 3 aromatic carbocycles. The molecule has 0 aliphatic carbocycles. The number of aliphatic imine (C=N–C) groups is 1. The predicted molar refractivity (Wildman–Crippen MR) is 181 cm³/mol. The molecular formula is C37H33F4N7O3. The number of benzene rings is 3. The van der Waals surface area contributed by atoms with Crippen molar-refractivity contribution in [3.05, 3.63) is 148 Å². The molecule has 0 fully saturated rings. The molecular weight excluding hydrogens is 666 g/mol. The molecule has 2 heterocycles. The number of hydrogen-bond donors (Lipinski definition) is 3. The number of nitrogens with zero attached hydrogens (tertiary/aromatic N) is 6. The minimum atomic E-state index is -4.20. The number of ether oxygens (including phenoxy) is 1. The lowest BCUT2D eigenvalue weighted by molar-refractivity contribution is -0.193. The van der Waals surface area contributed by atoms with Gasteiger partial charge in [-0.3, -0.25) is 14.7 Å². The van der Waals surface area contributed by atoms with Gasteiger partial charge < -0.3 is 20.8 Å². The summed E-state index contributed by atoms with van der Waals surface area (Å²) in [6.45, 7) is 3.26. The van der Waals surface area contributed by atoms with E-state index in [1.54, 1.807) is 49.0 Å². The lowest BCUT2D eigenvalue weighted by Crippen LogP contribution is -2.47. The Bertz CT molecular complexity index is 2070. The molecule has 1 atom stereocenters. The molecule has 4 N–H and O–H groups in total. The van der Waals surface area contributed by atoms with Gasteiger partial charge in [-0.2, -0.15) is 13.9 Å². The monoisotopic (exact) mass is 699 g/mol. The van der Waals surface area contributed by atoms with Crippen molar-refractivity contribution in [3.8, 4) is 17.6 Å². The van der Waals surface area contributed by atoms with Gasteiger partial charge in [0.05, 0.1) is 24.9 Å². The van der Waals surface area contributed by atoms with Gasteiger partial charge in [0.1, 0.15) is 36.0 Å². The summed E-state index contributed by atoms with van der Waals surface area (Å²) in [6.07, 6.45) is 5.28. The topological polar surface area (TPSA) is 144 Å². The van der Waals surface area contributed by atoms with Crippen molar-refractivity contribution in [2.45, 2.75) is 44.1 Å². The summed E-state index contributed by atoms with van der Waals surface area (Å²) in [5.41, 5.74) is -2.35. The third-order valence-electron chi connectivity index (χ3n) is 7.82. The zero-order valence-electron chi connectivity index (χ0n) is 27.5. The van der Waals surface area contributed by atoms with Gasteiger partial charge in [-0.05, 0) is 73.5 Å². The third kappa shape index (κ3) is 8.82. The minimum Gasteiger partial charge on any atom is -0.489 e. The van der Waals surface area contributed by atoms with Gasteiger partial charge in [-0.25, -0.2) is 8.78 Å². The fourth-order valence-corrected chi connectivity index (χ4v) is 4.92. The lowest BCUT2D eigenvalue weighted by Gasteiger charge is -2.34. The van der Waals surface area contributed by atoms with Gasteiger partial charge >= 0.3 is 5.92 Å². The maximum absolute atomic E-state index is 15.8. The zero-order chi connectivity index (χ0) is 36.6. The minimum absolute atomic E-state index is 0.293. The Kier molecular flexibility index (Phi) is 10.9. The average Bonchev–Trinajstić information content (AvgIpc) is 3.59. The summed E-state index contributed by atoms with van der Waals surface area (Å²) in [4.78, 5) is 7.37. The van der Waals surface area contributed by atoms with Crippen molar-refractivity contribution in [2.75, 3.05) is 6.54 Å². The molecule has 51 heavy (non-hydrogen) atoms. The Morgan fingerprint density at radius 3 is 2.22 bits per heavy atom. The van der Waals surface area contributed by atoms with Crippen LogP contribution in [0.15, 0.2) is 113 Å². The van der Waals surface area contributed by atoms with Gasteiger partial charge in [-0.1, -0.05) is 41.3 Å². The van der Waals surface area contributed by atoms with Crippen molar-refractivity contribution in [1.29, 1.82) is 0 Å². The van der Waals surface area contributed by atoms with Crippen molar-refractivity contribution >= 4 is 6.34 Å². The summed E-state index contributed by atoms with van der Waals surface area (Å²) in [5.74, 6) is 4.65. The summed E-state index contributed by atoms with van der Waals surface area (Å²) >= 11 is 0. The number of hydrogen-bond acceptors (Lipinski definition) is 7. The summed E-state index contributed by atoms with van der Waals surface area (Å²) < 4.78 is 67.5. The van der Waals surface area contributed by atoms with Gasteiger partial charge in [0.15, 0.2) is 5.60 Å². The van der Waals surface area contributed by atoms with E-state index in [1.165, 1.54) is 6.07 Å². The number of nitrogens with two attached hydrogens (primary N) is 1. The van der Waals surface area contributed by atoms with Gasteiger partial charge in [-0.15, -0.1) is 5.11 Å². The Hall–Kier alpha value is -5.91. The van der Waals surface area contributed by atoms with Crippen LogP contribution in [-0.4, -0.2) is 37.9 Å². The quantitative estimate of drug-likeness (QED) is 0.0272. The van der Waals surface area contributed by atoms with E-state index in [0.717, 1.165) is 35.0 Å². The molecule has 2 aromatic heterocycles. The van der Waals surface area contributed by atoms with Crippen LogP contribution in [0.2, 0.25) is 0 Å². The molecule has 10 nitrogen and oxygen atoms in total. The van der Waals surface area contributed by atoms with E-state index >= 15 is 8.78 Å². The molecule has 262 valence electrons. The first-order valence-corrected chi connectivity index (χ1v) is 15.5. The van der Waals surface area contributed by atoms with E-state index in [2.05, 4.69) is 37.3 Å². The SMILES string of the molecule is CC(C)(O)c1cnn(Cc2ccc(COc3ccc(C#Cc4ccc(C(F)(F)C(O)(CN=CN=NN)c5ccc(F)cc5F)nc4)cc3)cc2)c1. The van der Waals surface area contributed by atoms with Gasteiger partial charge in [0.25, 0.3) is 0 Å². The lowest BCUT2D eigenvalue weighted by atomic mass is 9.84. The first kappa shape index (κ1) is 36.4. The second-order valence-corrected chi connectivity index (χ2v) is 12.0. The first-order chi connectivity index (χ1) is 24.3. The van der Waals surface area contributed by atoms with Crippen molar-refractivity contribution < 1.29 is 32.5 Å². The summed E-state index contributed by atoms with van der Waals surface area (Å²) in [6, 6.07) is 19.0. The molecule has 5 rings (SSSR count). The number of rotatable bonds is 12. The highest BCUT2D eigenvalue weighted by Gasteiger charge is 2.57. The van der Waals surface area contributed by atoms with E-state index in [1.807, 2.05) is 30.5 Å². The van der Waals surface area contributed by atoms with Crippen LogP contribution in [0.1, 0.15) is 52.9 Å². The van der Waals surface area contributed by atoms with E-state index in [4.69, 9.17) is 10.6 Å². The molecule has 0 bridgehead atoms. The molecule has 1 unspecified atom stereocenters. The van der Waals surface area contributed by atoms with Gasteiger partial charge in [0, 0.05) is 40.7 Å². The fourth-order valence-electron chi connectivity index (χ4n) is 4.92. The van der Waals surface area contributed by atoms with E-state index in [9.17, 15) is 19.0 Å².